The van der Waals surface area contributed by atoms with Crippen molar-refractivity contribution in [3.63, 3.8) is 0 Å². The van der Waals surface area contributed by atoms with Gasteiger partial charge in [0.1, 0.15) is 0 Å². The highest BCUT2D eigenvalue weighted by atomic mass is 16.5. The van der Waals surface area contributed by atoms with Crippen molar-refractivity contribution in [3.05, 3.63) is 34.2 Å². The monoisotopic (exact) mass is 221 g/mol. The molecule has 1 aliphatic rings. The van der Waals surface area contributed by atoms with E-state index >= 15 is 0 Å². The number of hydrogen-bond acceptors (Lipinski definition) is 3. The second-order valence-electron chi connectivity index (χ2n) is 4.21. The molecule has 0 saturated heterocycles. The van der Waals surface area contributed by atoms with E-state index in [0.29, 0.717) is 12.3 Å². The number of esters is 1. The molecule has 1 N–H and O–H groups in total. The first kappa shape index (κ1) is 10.9. The number of nitrogens with one attached hydrogen (secondary N) is 1. The van der Waals surface area contributed by atoms with E-state index in [0.717, 1.165) is 18.4 Å². The van der Waals surface area contributed by atoms with Gasteiger partial charge >= 0.3 is 5.97 Å². The van der Waals surface area contributed by atoms with E-state index in [-0.39, 0.29) is 17.4 Å². The first-order valence-corrected chi connectivity index (χ1v) is 5.46. The number of pyridine rings is 1. The van der Waals surface area contributed by atoms with E-state index in [2.05, 4.69) is 9.72 Å². The third-order valence-electron chi connectivity index (χ3n) is 3.03. The third-order valence-corrected chi connectivity index (χ3v) is 3.03. The van der Waals surface area contributed by atoms with E-state index in [4.69, 9.17) is 0 Å². The van der Waals surface area contributed by atoms with Crippen LogP contribution >= 0.6 is 0 Å². The smallest absolute Gasteiger partial charge is 0.306 e. The van der Waals surface area contributed by atoms with Crippen molar-refractivity contribution in [2.45, 2.75) is 25.2 Å². The fourth-order valence-electron chi connectivity index (χ4n) is 2.01. The van der Waals surface area contributed by atoms with Crippen molar-refractivity contribution in [3.8, 4) is 0 Å². The fraction of sp³-hybridized carbons (Fsp3) is 0.500. The Balaban J connectivity index is 2.18. The van der Waals surface area contributed by atoms with Crippen molar-refractivity contribution in [2.24, 2.45) is 5.92 Å². The van der Waals surface area contributed by atoms with Gasteiger partial charge in [-0.1, -0.05) is 0 Å². The molecule has 86 valence electrons. The number of carbonyl (C=O) groups is 1. The van der Waals surface area contributed by atoms with Crippen LogP contribution in [0.5, 0.6) is 0 Å². The highest BCUT2D eigenvalue weighted by Gasteiger charge is 2.34. The summed E-state index contributed by atoms with van der Waals surface area (Å²) in [6.45, 7) is 0. The number of hydrogen-bond donors (Lipinski definition) is 1. The molecule has 0 bridgehead atoms. The number of methoxy groups -OCH3 is 1. The molecule has 4 heteroatoms. The van der Waals surface area contributed by atoms with Gasteiger partial charge in [0.25, 0.3) is 0 Å². The minimum absolute atomic E-state index is 0.118. The van der Waals surface area contributed by atoms with Gasteiger partial charge in [-0.15, -0.1) is 0 Å². The molecule has 1 heterocycles. The van der Waals surface area contributed by atoms with Crippen LogP contribution in [0.4, 0.5) is 0 Å². The minimum atomic E-state index is -0.211. The molecule has 0 radical (unpaired) electrons. The molecule has 1 atom stereocenters. The van der Waals surface area contributed by atoms with Crippen LogP contribution in [0.25, 0.3) is 0 Å². The number of aromatic amines is 1. The fourth-order valence-corrected chi connectivity index (χ4v) is 2.01. The van der Waals surface area contributed by atoms with Crippen LogP contribution in [0, 0.1) is 5.92 Å². The van der Waals surface area contributed by atoms with Crippen molar-refractivity contribution in [1.82, 2.24) is 4.98 Å². The number of rotatable bonds is 4. The standard InChI is InChI=1S/C12H15NO3/c1-16-12(15)7-10(8-2-3-8)9-4-5-13-11(14)6-9/h4-6,8,10H,2-3,7H2,1H3,(H,13,14). The van der Waals surface area contributed by atoms with Gasteiger partial charge in [-0.2, -0.15) is 0 Å². The van der Waals surface area contributed by atoms with Gasteiger partial charge in [0.2, 0.25) is 5.56 Å². The molecule has 1 saturated carbocycles. The molecule has 0 aliphatic heterocycles. The third kappa shape index (κ3) is 2.51. The molecule has 2 rings (SSSR count). The molecule has 1 fully saturated rings. The van der Waals surface area contributed by atoms with E-state index in [1.165, 1.54) is 7.11 Å². The number of aromatic nitrogens is 1. The molecule has 0 amide bonds. The van der Waals surface area contributed by atoms with E-state index in [1.54, 1.807) is 12.3 Å². The zero-order chi connectivity index (χ0) is 11.5. The van der Waals surface area contributed by atoms with Crippen LogP contribution in [0.1, 0.15) is 30.7 Å². The topological polar surface area (TPSA) is 59.2 Å². The van der Waals surface area contributed by atoms with E-state index in [1.807, 2.05) is 6.07 Å². The van der Waals surface area contributed by atoms with E-state index < -0.39 is 0 Å². The summed E-state index contributed by atoms with van der Waals surface area (Å²) in [6.07, 6.45) is 4.26. The van der Waals surface area contributed by atoms with Crippen LogP contribution in [0.2, 0.25) is 0 Å². The second-order valence-corrected chi connectivity index (χ2v) is 4.21. The Morgan fingerprint density at radius 3 is 2.94 bits per heavy atom. The Bertz CT molecular complexity index is 434. The lowest BCUT2D eigenvalue weighted by atomic mass is 9.92. The van der Waals surface area contributed by atoms with Gasteiger partial charge in [0.15, 0.2) is 0 Å². The first-order chi connectivity index (χ1) is 7.70. The van der Waals surface area contributed by atoms with Gasteiger partial charge < -0.3 is 9.72 Å². The Morgan fingerprint density at radius 2 is 2.38 bits per heavy atom. The Labute approximate surface area is 93.6 Å². The highest BCUT2D eigenvalue weighted by molar-refractivity contribution is 5.70. The van der Waals surface area contributed by atoms with Gasteiger partial charge in [-0.3, -0.25) is 9.59 Å². The summed E-state index contributed by atoms with van der Waals surface area (Å²) >= 11 is 0. The maximum Gasteiger partial charge on any atom is 0.306 e. The highest BCUT2D eigenvalue weighted by Crippen LogP contribution is 2.44. The first-order valence-electron chi connectivity index (χ1n) is 5.46. The number of ether oxygens (including phenoxy) is 1. The summed E-state index contributed by atoms with van der Waals surface area (Å²) in [6, 6.07) is 3.44. The summed E-state index contributed by atoms with van der Waals surface area (Å²) in [4.78, 5) is 25.1. The molecular formula is C12H15NO3. The quantitative estimate of drug-likeness (QED) is 0.782. The molecule has 4 nitrogen and oxygen atoms in total. The Morgan fingerprint density at radius 1 is 1.62 bits per heavy atom. The molecule has 1 aliphatic carbocycles. The molecule has 1 aromatic rings. The largest absolute Gasteiger partial charge is 0.469 e. The summed E-state index contributed by atoms with van der Waals surface area (Å²) in [7, 11) is 1.39. The van der Waals surface area contributed by atoms with Crippen LogP contribution in [-0.4, -0.2) is 18.1 Å². The second kappa shape index (κ2) is 4.51. The molecule has 1 aromatic heterocycles. The normalized spacial score (nSPS) is 16.8. The Kier molecular flexibility index (Phi) is 3.08. The van der Waals surface area contributed by atoms with Crippen LogP contribution in [0.15, 0.2) is 23.1 Å². The number of carbonyl (C=O) groups excluding carboxylic acids is 1. The minimum Gasteiger partial charge on any atom is -0.469 e. The lowest BCUT2D eigenvalue weighted by Crippen LogP contribution is -2.13. The van der Waals surface area contributed by atoms with Crippen molar-refractivity contribution in [2.75, 3.05) is 7.11 Å². The summed E-state index contributed by atoms with van der Waals surface area (Å²) in [5.41, 5.74) is 0.824. The van der Waals surface area contributed by atoms with Gasteiger partial charge in [-0.05, 0) is 36.3 Å². The summed E-state index contributed by atoms with van der Waals surface area (Å²) in [5.74, 6) is 0.452. The molecule has 1 unspecified atom stereocenters. The van der Waals surface area contributed by atoms with Gasteiger partial charge in [0.05, 0.1) is 13.5 Å². The predicted molar refractivity (Wildman–Crippen MR) is 59.2 cm³/mol. The molecule has 16 heavy (non-hydrogen) atoms. The zero-order valence-corrected chi connectivity index (χ0v) is 9.23. The average molecular weight is 221 g/mol. The lowest BCUT2D eigenvalue weighted by Gasteiger charge is -2.14. The van der Waals surface area contributed by atoms with Crippen molar-refractivity contribution < 1.29 is 9.53 Å². The molecule has 0 aromatic carbocycles. The average Bonchev–Trinajstić information content (AvgIpc) is 3.09. The van der Waals surface area contributed by atoms with Gasteiger partial charge in [0, 0.05) is 12.3 Å². The maximum atomic E-state index is 11.3. The zero-order valence-electron chi connectivity index (χ0n) is 9.23. The summed E-state index contributed by atoms with van der Waals surface area (Å²) < 4.78 is 4.69. The summed E-state index contributed by atoms with van der Waals surface area (Å²) in [5, 5.41) is 0. The van der Waals surface area contributed by atoms with Crippen LogP contribution in [-0.2, 0) is 9.53 Å². The Hall–Kier alpha value is -1.58. The van der Waals surface area contributed by atoms with Crippen LogP contribution in [0.3, 0.4) is 0 Å². The molecular weight excluding hydrogens is 206 g/mol. The SMILES string of the molecule is COC(=O)CC(c1cc[nH]c(=O)c1)C1CC1. The predicted octanol–water partition coefficient (Wildman–Crippen LogP) is 1.43. The van der Waals surface area contributed by atoms with Crippen LogP contribution < -0.4 is 5.56 Å². The van der Waals surface area contributed by atoms with Crippen molar-refractivity contribution in [1.29, 1.82) is 0 Å². The number of H-pyrrole nitrogens is 1. The van der Waals surface area contributed by atoms with Crippen molar-refractivity contribution >= 4 is 5.97 Å². The lowest BCUT2D eigenvalue weighted by molar-refractivity contribution is -0.141. The van der Waals surface area contributed by atoms with Gasteiger partial charge in [-0.25, -0.2) is 0 Å². The maximum absolute atomic E-state index is 11.3. The van der Waals surface area contributed by atoms with E-state index in [9.17, 15) is 9.59 Å². The molecule has 0 spiro atoms.